The van der Waals surface area contributed by atoms with Crippen LogP contribution in [0.1, 0.15) is 31.2 Å². The van der Waals surface area contributed by atoms with Crippen molar-refractivity contribution in [1.82, 2.24) is 15.3 Å². The molecule has 0 bridgehead atoms. The van der Waals surface area contributed by atoms with Crippen LogP contribution < -0.4 is 20.3 Å². The Balaban J connectivity index is 1.29. The molecule has 35 heavy (non-hydrogen) atoms. The smallest absolute Gasteiger partial charge is 0.405 e. The molecule has 10 heteroatoms. The van der Waals surface area contributed by atoms with Gasteiger partial charge in [-0.05, 0) is 62.4 Å². The number of rotatable bonds is 8. The Morgan fingerprint density at radius 1 is 1.06 bits per heavy atom. The van der Waals surface area contributed by atoms with Gasteiger partial charge in [-0.15, -0.1) is 13.2 Å². The average molecular weight is 552 g/mol. The third-order valence-electron chi connectivity index (χ3n) is 6.19. The Bertz CT molecular complexity index is 1150. The zero-order chi connectivity index (χ0) is 25.0. The van der Waals surface area contributed by atoms with E-state index in [0.717, 1.165) is 48.9 Å². The second-order valence-corrected chi connectivity index (χ2v) is 9.99. The number of benzene rings is 2. The molecule has 1 aromatic heterocycles. The van der Waals surface area contributed by atoms with Crippen molar-refractivity contribution in [2.45, 2.75) is 44.6 Å². The summed E-state index contributed by atoms with van der Waals surface area (Å²) in [5, 5.41) is 7.84. The van der Waals surface area contributed by atoms with Crippen molar-refractivity contribution in [3.8, 4) is 5.75 Å². The number of alkyl halides is 3. The first-order valence-corrected chi connectivity index (χ1v) is 12.4. The number of fused-ring (bicyclic) bond motifs is 1. The van der Waals surface area contributed by atoms with Crippen molar-refractivity contribution in [1.29, 1.82) is 0 Å². The second-order valence-electron chi connectivity index (χ2n) is 9.08. The van der Waals surface area contributed by atoms with Crippen LogP contribution >= 0.6 is 15.9 Å². The van der Waals surface area contributed by atoms with Gasteiger partial charge in [-0.25, -0.2) is 4.98 Å². The van der Waals surface area contributed by atoms with Gasteiger partial charge in [0.1, 0.15) is 11.6 Å². The fourth-order valence-corrected chi connectivity index (χ4v) is 4.80. The summed E-state index contributed by atoms with van der Waals surface area (Å²) < 4.78 is 42.9. The number of hydrogen-bond acceptors (Lipinski definition) is 6. The minimum Gasteiger partial charge on any atom is -0.405 e. The first kappa shape index (κ1) is 25.5. The Morgan fingerprint density at radius 3 is 2.51 bits per heavy atom. The molecule has 1 aliphatic rings. The number of nitrogens with one attached hydrogen (secondary N) is 2. The number of nitrogens with zero attached hydrogens (tertiary/aromatic N) is 3. The molecule has 0 aliphatic heterocycles. The Morgan fingerprint density at radius 2 is 1.80 bits per heavy atom. The number of anilines is 2. The molecule has 2 aromatic carbocycles. The van der Waals surface area contributed by atoms with Crippen molar-refractivity contribution in [2.75, 3.05) is 30.9 Å². The molecule has 0 spiro atoms. The zero-order valence-corrected chi connectivity index (χ0v) is 21.3. The van der Waals surface area contributed by atoms with Crippen LogP contribution in [-0.2, 0) is 6.54 Å². The van der Waals surface area contributed by atoms with Crippen molar-refractivity contribution in [2.24, 2.45) is 5.92 Å². The maximum Gasteiger partial charge on any atom is 0.573 e. The Hall–Kier alpha value is -2.59. The lowest BCUT2D eigenvalue weighted by Gasteiger charge is -2.29. The van der Waals surface area contributed by atoms with Gasteiger partial charge >= 0.3 is 6.36 Å². The second kappa shape index (κ2) is 11.0. The van der Waals surface area contributed by atoms with Gasteiger partial charge in [-0.3, -0.25) is 0 Å². The Kier molecular flexibility index (Phi) is 8.01. The summed E-state index contributed by atoms with van der Waals surface area (Å²) >= 11 is 3.20. The van der Waals surface area contributed by atoms with E-state index in [0.29, 0.717) is 34.5 Å². The molecule has 0 radical (unpaired) electrons. The topological polar surface area (TPSA) is 62.3 Å². The number of ether oxygens (including phenoxy) is 1. The van der Waals surface area contributed by atoms with Gasteiger partial charge in [0.05, 0.1) is 5.52 Å². The standard InChI is InChI=1S/C25H29BrF3N5O/c1-34(2)23-20-5-3-4-6-21(20)32-24(33-23)31-19-11-7-16(8-12-19)14-30-15-17-9-10-18(26)13-22(17)35-25(27,28)29/h3-6,9-10,13,16,19,30H,7-8,11-12,14-15H2,1-2H3,(H,31,32,33)/t16-,19+. The van der Waals surface area contributed by atoms with Gasteiger partial charge in [0.25, 0.3) is 0 Å². The van der Waals surface area contributed by atoms with Gasteiger partial charge in [0.15, 0.2) is 0 Å². The molecule has 6 nitrogen and oxygen atoms in total. The fourth-order valence-electron chi connectivity index (χ4n) is 4.46. The molecule has 1 saturated carbocycles. The van der Waals surface area contributed by atoms with Crippen molar-refractivity contribution >= 4 is 38.6 Å². The number of aromatic nitrogens is 2. The van der Waals surface area contributed by atoms with Gasteiger partial charge in [-0.2, -0.15) is 4.98 Å². The summed E-state index contributed by atoms with van der Waals surface area (Å²) in [6, 6.07) is 13.0. The lowest BCUT2D eigenvalue weighted by atomic mass is 9.86. The van der Waals surface area contributed by atoms with Crippen LogP contribution in [0.5, 0.6) is 5.75 Å². The van der Waals surface area contributed by atoms with E-state index >= 15 is 0 Å². The molecular formula is C25H29BrF3N5O. The van der Waals surface area contributed by atoms with E-state index in [-0.39, 0.29) is 5.75 Å². The van der Waals surface area contributed by atoms with E-state index in [1.54, 1.807) is 12.1 Å². The monoisotopic (exact) mass is 551 g/mol. The van der Waals surface area contributed by atoms with Crippen molar-refractivity contribution in [3.63, 3.8) is 0 Å². The summed E-state index contributed by atoms with van der Waals surface area (Å²) in [5.41, 5.74) is 1.39. The highest BCUT2D eigenvalue weighted by atomic mass is 79.9. The molecule has 1 aliphatic carbocycles. The predicted molar refractivity (Wildman–Crippen MR) is 136 cm³/mol. The van der Waals surface area contributed by atoms with Gasteiger partial charge in [-0.1, -0.05) is 34.1 Å². The SMILES string of the molecule is CN(C)c1nc(N[C@H]2CC[C@@H](CNCc3ccc(Br)cc3OC(F)(F)F)CC2)nc2ccccc12. The molecule has 0 saturated heterocycles. The molecule has 4 rings (SSSR count). The van der Waals surface area contributed by atoms with Crippen LogP contribution in [0.15, 0.2) is 46.9 Å². The maximum absolute atomic E-state index is 12.7. The largest absolute Gasteiger partial charge is 0.573 e. The lowest BCUT2D eigenvalue weighted by Crippen LogP contribution is -2.32. The van der Waals surface area contributed by atoms with Crippen LogP contribution in [-0.4, -0.2) is 43.0 Å². The van der Waals surface area contributed by atoms with Crippen molar-refractivity contribution < 1.29 is 17.9 Å². The highest BCUT2D eigenvalue weighted by molar-refractivity contribution is 9.10. The van der Waals surface area contributed by atoms with E-state index in [1.165, 1.54) is 6.07 Å². The Labute approximate surface area is 211 Å². The molecule has 2 N–H and O–H groups in total. The van der Waals surface area contributed by atoms with Gasteiger partial charge < -0.3 is 20.3 Å². The molecule has 0 amide bonds. The average Bonchev–Trinajstić information content (AvgIpc) is 2.80. The first-order valence-electron chi connectivity index (χ1n) is 11.6. The number of halogens is 4. The summed E-state index contributed by atoms with van der Waals surface area (Å²) in [4.78, 5) is 11.4. The minimum atomic E-state index is -4.72. The zero-order valence-electron chi connectivity index (χ0n) is 19.7. The van der Waals surface area contributed by atoms with E-state index in [1.807, 2.05) is 43.3 Å². The van der Waals surface area contributed by atoms with Gasteiger partial charge in [0, 0.05) is 42.1 Å². The summed E-state index contributed by atoms with van der Waals surface area (Å²) in [7, 11) is 3.95. The van der Waals surface area contributed by atoms with E-state index in [4.69, 9.17) is 9.97 Å². The van der Waals surface area contributed by atoms with Crippen molar-refractivity contribution in [3.05, 3.63) is 52.5 Å². The predicted octanol–water partition coefficient (Wildman–Crippen LogP) is 6.12. The molecule has 1 fully saturated rings. The van der Waals surface area contributed by atoms with Crippen LogP contribution in [0.2, 0.25) is 0 Å². The lowest BCUT2D eigenvalue weighted by molar-refractivity contribution is -0.274. The molecule has 0 atom stereocenters. The number of hydrogen-bond donors (Lipinski definition) is 2. The van der Waals surface area contributed by atoms with Crippen LogP contribution in [0.3, 0.4) is 0 Å². The summed E-state index contributed by atoms with van der Waals surface area (Å²) in [6.07, 6.45) is -0.708. The molecule has 3 aromatic rings. The highest BCUT2D eigenvalue weighted by Crippen LogP contribution is 2.31. The first-order chi connectivity index (χ1) is 16.7. The summed E-state index contributed by atoms with van der Waals surface area (Å²) in [5.74, 6) is 1.81. The van der Waals surface area contributed by atoms with E-state index < -0.39 is 6.36 Å². The third-order valence-corrected chi connectivity index (χ3v) is 6.68. The van der Waals surface area contributed by atoms with E-state index in [2.05, 4.69) is 31.3 Å². The van der Waals surface area contributed by atoms with Crippen LogP contribution in [0.4, 0.5) is 24.9 Å². The fraction of sp³-hybridized carbons (Fsp3) is 0.440. The normalized spacial score (nSPS) is 18.5. The molecule has 1 heterocycles. The highest BCUT2D eigenvalue weighted by Gasteiger charge is 2.32. The molecule has 188 valence electrons. The van der Waals surface area contributed by atoms with E-state index in [9.17, 15) is 13.2 Å². The quantitative estimate of drug-likeness (QED) is 0.351. The van der Waals surface area contributed by atoms with Crippen LogP contribution in [0, 0.1) is 5.92 Å². The minimum absolute atomic E-state index is 0.181. The maximum atomic E-state index is 12.7. The molecular weight excluding hydrogens is 523 g/mol. The van der Waals surface area contributed by atoms with Crippen LogP contribution in [0.25, 0.3) is 10.9 Å². The third kappa shape index (κ3) is 6.98. The summed E-state index contributed by atoms with van der Waals surface area (Å²) in [6.45, 7) is 1.06. The molecule has 0 unspecified atom stereocenters. The van der Waals surface area contributed by atoms with Gasteiger partial charge in [0.2, 0.25) is 5.95 Å². The number of para-hydroxylation sites is 1.